The molecule has 0 aliphatic rings. The molecule has 0 atom stereocenters. The van der Waals surface area contributed by atoms with Gasteiger partial charge in [-0.15, -0.1) is 0 Å². The summed E-state index contributed by atoms with van der Waals surface area (Å²) in [4.78, 5) is 27.6. The molecule has 0 fully saturated rings. The van der Waals surface area contributed by atoms with Gasteiger partial charge in [-0.05, 0) is 36.6 Å². The number of rotatable bonds is 8. The molecular formula is C19H22N2O4. The Kier molecular flexibility index (Phi) is 7.10. The van der Waals surface area contributed by atoms with Crippen LogP contribution in [0.15, 0.2) is 42.6 Å². The number of pyridine rings is 1. The zero-order valence-electron chi connectivity index (χ0n) is 14.5. The number of benzene rings is 1. The van der Waals surface area contributed by atoms with Crippen LogP contribution < -0.4 is 5.32 Å². The van der Waals surface area contributed by atoms with Crippen molar-refractivity contribution in [1.29, 1.82) is 0 Å². The topological polar surface area (TPSA) is 77.5 Å². The monoisotopic (exact) mass is 342 g/mol. The van der Waals surface area contributed by atoms with Gasteiger partial charge < -0.3 is 14.8 Å². The van der Waals surface area contributed by atoms with Gasteiger partial charge in [0.1, 0.15) is 5.69 Å². The molecule has 6 heteroatoms. The molecule has 0 bridgehead atoms. The molecule has 2 aromatic rings. The van der Waals surface area contributed by atoms with Crippen LogP contribution in [0.25, 0.3) is 0 Å². The fraction of sp³-hybridized carbons (Fsp3) is 0.316. The zero-order valence-corrected chi connectivity index (χ0v) is 14.5. The number of carbonyl (C=O) groups is 2. The Balaban J connectivity index is 1.93. The summed E-state index contributed by atoms with van der Waals surface area (Å²) in [6.45, 7) is 1.60. The summed E-state index contributed by atoms with van der Waals surface area (Å²) in [5, 5.41) is 3.36. The van der Waals surface area contributed by atoms with E-state index in [1.807, 2.05) is 18.2 Å². The molecule has 6 nitrogen and oxygen atoms in total. The van der Waals surface area contributed by atoms with Crippen LogP contribution in [0.4, 0.5) is 0 Å². The summed E-state index contributed by atoms with van der Waals surface area (Å²) in [6, 6.07) is 11.6. The van der Waals surface area contributed by atoms with Crippen molar-refractivity contribution in [2.24, 2.45) is 0 Å². The number of methoxy groups -OCH3 is 2. The van der Waals surface area contributed by atoms with Crippen molar-refractivity contribution < 1.29 is 19.1 Å². The van der Waals surface area contributed by atoms with Crippen molar-refractivity contribution >= 4 is 11.9 Å². The predicted octanol–water partition coefficient (Wildman–Crippen LogP) is 2.38. The highest BCUT2D eigenvalue weighted by atomic mass is 16.5. The number of nitrogens with one attached hydrogen (secondary N) is 1. The minimum atomic E-state index is -0.582. The lowest BCUT2D eigenvalue weighted by molar-refractivity contribution is 0.0593. The quantitative estimate of drug-likeness (QED) is 0.586. The van der Waals surface area contributed by atoms with Crippen LogP contribution in [0.5, 0.6) is 0 Å². The van der Waals surface area contributed by atoms with E-state index >= 15 is 0 Å². The molecular weight excluding hydrogens is 320 g/mol. The van der Waals surface area contributed by atoms with Gasteiger partial charge in [0.25, 0.3) is 0 Å². The van der Waals surface area contributed by atoms with Crippen molar-refractivity contribution in [1.82, 2.24) is 10.3 Å². The van der Waals surface area contributed by atoms with E-state index in [2.05, 4.69) is 27.2 Å². The SMILES string of the molecule is COC(=O)c1cc(C(=O)OC)c(CCCNCc2ccccc2)cn1. The lowest BCUT2D eigenvalue weighted by Gasteiger charge is -2.10. The normalized spacial score (nSPS) is 10.3. The van der Waals surface area contributed by atoms with E-state index in [4.69, 9.17) is 4.74 Å². The Morgan fingerprint density at radius 3 is 2.48 bits per heavy atom. The summed E-state index contributed by atoms with van der Waals surface area (Å²) in [5.41, 5.74) is 2.41. The van der Waals surface area contributed by atoms with Crippen molar-refractivity contribution in [3.63, 3.8) is 0 Å². The number of aromatic nitrogens is 1. The number of hydrogen-bond acceptors (Lipinski definition) is 6. The number of ether oxygens (including phenoxy) is 2. The van der Waals surface area contributed by atoms with Gasteiger partial charge in [0, 0.05) is 12.7 Å². The van der Waals surface area contributed by atoms with Gasteiger partial charge in [0.2, 0.25) is 0 Å². The molecule has 25 heavy (non-hydrogen) atoms. The van der Waals surface area contributed by atoms with E-state index < -0.39 is 11.9 Å². The van der Waals surface area contributed by atoms with Crippen LogP contribution in [0.3, 0.4) is 0 Å². The van der Waals surface area contributed by atoms with Gasteiger partial charge >= 0.3 is 11.9 Å². The molecule has 0 saturated carbocycles. The van der Waals surface area contributed by atoms with Gasteiger partial charge in [-0.25, -0.2) is 14.6 Å². The van der Waals surface area contributed by atoms with E-state index in [1.165, 1.54) is 32.0 Å². The van der Waals surface area contributed by atoms with Crippen LogP contribution in [-0.4, -0.2) is 37.7 Å². The third kappa shape index (κ3) is 5.39. The van der Waals surface area contributed by atoms with E-state index in [0.29, 0.717) is 12.0 Å². The first-order chi connectivity index (χ1) is 12.2. The summed E-state index contributed by atoms with van der Waals surface area (Å²) >= 11 is 0. The first kappa shape index (κ1) is 18.6. The maximum Gasteiger partial charge on any atom is 0.356 e. The standard InChI is InChI=1S/C19H22N2O4/c1-24-18(22)16-11-17(19(23)25-2)21-13-15(16)9-6-10-20-12-14-7-4-3-5-8-14/h3-5,7-8,11,13,20H,6,9-10,12H2,1-2H3. The minimum Gasteiger partial charge on any atom is -0.465 e. The lowest BCUT2D eigenvalue weighted by Crippen LogP contribution is -2.16. The average molecular weight is 342 g/mol. The van der Waals surface area contributed by atoms with Crippen LogP contribution in [0.1, 0.15) is 38.4 Å². The Hall–Kier alpha value is -2.73. The van der Waals surface area contributed by atoms with Crippen LogP contribution in [-0.2, 0) is 22.4 Å². The average Bonchev–Trinajstić information content (AvgIpc) is 2.67. The van der Waals surface area contributed by atoms with Gasteiger partial charge in [-0.2, -0.15) is 0 Å². The summed E-state index contributed by atoms with van der Waals surface area (Å²) in [5.74, 6) is -1.07. The second kappa shape index (κ2) is 9.54. The molecule has 1 N–H and O–H groups in total. The second-order valence-corrected chi connectivity index (χ2v) is 5.48. The van der Waals surface area contributed by atoms with Crippen molar-refractivity contribution in [3.05, 3.63) is 65.0 Å². The fourth-order valence-corrected chi connectivity index (χ4v) is 2.43. The van der Waals surface area contributed by atoms with Gasteiger partial charge in [0.05, 0.1) is 19.8 Å². The molecule has 0 aliphatic heterocycles. The van der Waals surface area contributed by atoms with E-state index in [-0.39, 0.29) is 5.69 Å². The second-order valence-electron chi connectivity index (χ2n) is 5.48. The van der Waals surface area contributed by atoms with Crippen LogP contribution in [0, 0.1) is 0 Å². The van der Waals surface area contributed by atoms with E-state index in [1.54, 1.807) is 0 Å². The molecule has 1 heterocycles. The summed E-state index contributed by atoms with van der Waals surface area (Å²) in [7, 11) is 2.58. The first-order valence-electron chi connectivity index (χ1n) is 8.06. The highest BCUT2D eigenvalue weighted by molar-refractivity contribution is 5.95. The Bertz CT molecular complexity index is 717. The first-order valence-corrected chi connectivity index (χ1v) is 8.06. The predicted molar refractivity (Wildman–Crippen MR) is 93.4 cm³/mol. The minimum absolute atomic E-state index is 0.0915. The highest BCUT2D eigenvalue weighted by Gasteiger charge is 2.17. The largest absolute Gasteiger partial charge is 0.465 e. The van der Waals surface area contributed by atoms with Crippen LogP contribution >= 0.6 is 0 Å². The van der Waals surface area contributed by atoms with Crippen molar-refractivity contribution in [3.8, 4) is 0 Å². The smallest absolute Gasteiger partial charge is 0.356 e. The Labute approximate surface area is 147 Å². The summed E-state index contributed by atoms with van der Waals surface area (Å²) < 4.78 is 9.43. The van der Waals surface area contributed by atoms with Gasteiger partial charge in [-0.1, -0.05) is 30.3 Å². The third-order valence-corrected chi connectivity index (χ3v) is 3.76. The number of carbonyl (C=O) groups excluding carboxylic acids is 2. The van der Waals surface area contributed by atoms with Crippen molar-refractivity contribution in [2.75, 3.05) is 20.8 Å². The van der Waals surface area contributed by atoms with E-state index in [9.17, 15) is 9.59 Å². The molecule has 0 spiro atoms. The third-order valence-electron chi connectivity index (χ3n) is 3.76. The molecule has 0 aliphatic carbocycles. The molecule has 1 aromatic carbocycles. The number of hydrogen-bond donors (Lipinski definition) is 1. The van der Waals surface area contributed by atoms with Gasteiger partial charge in [-0.3, -0.25) is 0 Å². The maximum atomic E-state index is 12.0. The molecule has 1 aromatic heterocycles. The summed E-state index contributed by atoms with van der Waals surface area (Å²) in [6.07, 6.45) is 3.02. The van der Waals surface area contributed by atoms with Gasteiger partial charge in [0.15, 0.2) is 0 Å². The molecule has 0 saturated heterocycles. The number of nitrogens with zero attached hydrogens (tertiary/aromatic N) is 1. The zero-order chi connectivity index (χ0) is 18.1. The molecule has 0 radical (unpaired) electrons. The fourth-order valence-electron chi connectivity index (χ4n) is 2.43. The molecule has 2 rings (SSSR count). The highest BCUT2D eigenvalue weighted by Crippen LogP contribution is 2.14. The van der Waals surface area contributed by atoms with E-state index in [0.717, 1.165) is 25.1 Å². The maximum absolute atomic E-state index is 12.0. The lowest BCUT2D eigenvalue weighted by atomic mass is 10.0. The Morgan fingerprint density at radius 2 is 1.80 bits per heavy atom. The molecule has 0 unspecified atom stereocenters. The molecule has 0 amide bonds. The number of esters is 2. The Morgan fingerprint density at radius 1 is 1.08 bits per heavy atom. The number of aryl methyl sites for hydroxylation is 1. The van der Waals surface area contributed by atoms with Crippen LogP contribution in [0.2, 0.25) is 0 Å². The van der Waals surface area contributed by atoms with Crippen molar-refractivity contribution in [2.45, 2.75) is 19.4 Å². The molecule has 132 valence electrons.